The number of aromatic nitrogens is 4. The summed E-state index contributed by atoms with van der Waals surface area (Å²) in [6, 6.07) is 15.6. The van der Waals surface area contributed by atoms with Crippen molar-refractivity contribution in [2.24, 2.45) is 7.05 Å². The number of carbonyl (C=O) groups excluding carboxylic acids is 2. The number of carbonyl (C=O) groups is 2. The zero-order chi connectivity index (χ0) is 31.7. The summed E-state index contributed by atoms with van der Waals surface area (Å²) in [6.07, 6.45) is 3.12. The number of nitrogens with one attached hydrogen (secondary N) is 2. The third-order valence-electron chi connectivity index (χ3n) is 8.75. The number of likely N-dealkylation sites (tertiary alicyclic amines) is 1. The number of halogens is 1. The molecule has 45 heavy (non-hydrogen) atoms. The number of hydrogen-bond acceptors (Lipinski definition) is 6. The van der Waals surface area contributed by atoms with E-state index in [1.165, 1.54) is 13.2 Å². The zero-order valence-electron chi connectivity index (χ0n) is 26.0. The fraction of sp³-hybridized carbons (Fsp3) is 0.353. The van der Waals surface area contributed by atoms with Gasteiger partial charge in [-0.25, -0.2) is 4.39 Å². The van der Waals surface area contributed by atoms with Crippen LogP contribution in [0.1, 0.15) is 42.6 Å². The Balaban J connectivity index is 1.24. The molecular formula is C34H38FN7O3. The van der Waals surface area contributed by atoms with Crippen molar-refractivity contribution in [2.45, 2.75) is 45.3 Å². The number of fused-ring (bicyclic) bond motifs is 2. The molecule has 0 bridgehead atoms. The van der Waals surface area contributed by atoms with Crippen LogP contribution in [0.5, 0.6) is 5.75 Å². The van der Waals surface area contributed by atoms with E-state index in [9.17, 15) is 14.0 Å². The maximum atomic E-state index is 15.0. The van der Waals surface area contributed by atoms with Crippen molar-refractivity contribution in [3.63, 3.8) is 0 Å². The van der Waals surface area contributed by atoms with Crippen LogP contribution in [0.4, 0.5) is 4.39 Å². The van der Waals surface area contributed by atoms with E-state index in [-0.39, 0.29) is 30.2 Å². The van der Waals surface area contributed by atoms with Gasteiger partial charge < -0.3 is 15.0 Å². The third-order valence-corrected chi connectivity index (χ3v) is 8.75. The number of H-pyrrole nitrogens is 1. The molecule has 0 saturated carbocycles. The van der Waals surface area contributed by atoms with Crippen LogP contribution in [0.15, 0.2) is 60.8 Å². The number of methoxy groups -OCH3 is 1. The molecule has 0 radical (unpaired) electrons. The van der Waals surface area contributed by atoms with Gasteiger partial charge in [0.05, 0.1) is 29.9 Å². The number of likely N-dealkylation sites (N-methyl/N-ethyl adjacent to an activating group) is 1. The van der Waals surface area contributed by atoms with E-state index in [1.54, 1.807) is 27.8 Å². The van der Waals surface area contributed by atoms with Gasteiger partial charge in [-0.05, 0) is 69.2 Å². The predicted molar refractivity (Wildman–Crippen MR) is 171 cm³/mol. The van der Waals surface area contributed by atoms with Crippen molar-refractivity contribution >= 4 is 33.6 Å². The summed E-state index contributed by atoms with van der Waals surface area (Å²) >= 11 is 0. The number of piperidine rings is 1. The van der Waals surface area contributed by atoms with Gasteiger partial charge in [0.1, 0.15) is 11.6 Å². The minimum Gasteiger partial charge on any atom is -0.496 e. The Morgan fingerprint density at radius 2 is 1.93 bits per heavy atom. The monoisotopic (exact) mass is 611 g/mol. The SMILES string of the molecule is CCN(CC)C(=O)[C@@H]1CC[C@@H](NC(=O)c2ccc3[nH]nc(-c4ccc5nn(C)cc5c4)c3c2)CN1Cc1c(F)cccc1OC. The first-order chi connectivity index (χ1) is 21.8. The van der Waals surface area contributed by atoms with Gasteiger partial charge in [0.15, 0.2) is 0 Å². The van der Waals surface area contributed by atoms with Crippen molar-refractivity contribution in [3.05, 3.63) is 77.7 Å². The molecule has 1 fully saturated rings. The molecule has 0 unspecified atom stereocenters. The van der Waals surface area contributed by atoms with Gasteiger partial charge in [-0.15, -0.1) is 0 Å². The van der Waals surface area contributed by atoms with E-state index in [0.717, 1.165) is 33.1 Å². The van der Waals surface area contributed by atoms with E-state index in [1.807, 2.05) is 62.3 Å². The van der Waals surface area contributed by atoms with Crippen LogP contribution in [-0.4, -0.2) is 80.4 Å². The minimum absolute atomic E-state index is 0.0162. The molecule has 2 N–H and O–H groups in total. The van der Waals surface area contributed by atoms with E-state index < -0.39 is 6.04 Å². The average molecular weight is 612 g/mol. The average Bonchev–Trinajstić information content (AvgIpc) is 3.64. The molecule has 2 aromatic heterocycles. The first kappa shape index (κ1) is 30.3. The molecule has 3 heterocycles. The van der Waals surface area contributed by atoms with E-state index >= 15 is 0 Å². The Hall–Kier alpha value is -4.77. The smallest absolute Gasteiger partial charge is 0.251 e. The minimum atomic E-state index is -0.427. The maximum Gasteiger partial charge on any atom is 0.251 e. The summed E-state index contributed by atoms with van der Waals surface area (Å²) in [5.41, 5.74) is 4.31. The van der Waals surface area contributed by atoms with Crippen LogP contribution in [0, 0.1) is 5.82 Å². The molecule has 234 valence electrons. The van der Waals surface area contributed by atoms with Crippen molar-refractivity contribution in [1.82, 2.24) is 35.1 Å². The Bertz CT molecular complexity index is 1860. The van der Waals surface area contributed by atoms with Gasteiger partial charge >= 0.3 is 0 Å². The fourth-order valence-electron chi connectivity index (χ4n) is 6.39. The van der Waals surface area contributed by atoms with Crippen LogP contribution >= 0.6 is 0 Å². The first-order valence-corrected chi connectivity index (χ1v) is 15.4. The van der Waals surface area contributed by atoms with E-state index in [0.29, 0.717) is 49.4 Å². The third kappa shape index (κ3) is 6.00. The standard InChI is InChI=1S/C34H38FN7O3/c1-5-41(6-2)34(44)30-15-12-24(19-42(30)20-26-27(35)8-7-9-31(26)45-4)36-33(43)22-11-14-29-25(17-22)32(38-37-29)21-10-13-28-23(16-21)18-40(3)39-28/h7-11,13-14,16-18,24,30H,5-6,12,15,19-20H2,1-4H3,(H,36,43)(H,37,38)/t24-,30+/m1/s1. The number of aromatic amines is 1. The highest BCUT2D eigenvalue weighted by Crippen LogP contribution is 2.31. The molecule has 10 nitrogen and oxygen atoms in total. The molecule has 3 aromatic carbocycles. The van der Waals surface area contributed by atoms with Crippen molar-refractivity contribution in [3.8, 4) is 17.0 Å². The number of ether oxygens (including phenoxy) is 1. The number of aryl methyl sites for hydroxylation is 1. The fourth-order valence-corrected chi connectivity index (χ4v) is 6.39. The highest BCUT2D eigenvalue weighted by molar-refractivity contribution is 6.02. The Morgan fingerprint density at radius 1 is 1.11 bits per heavy atom. The molecule has 1 aliphatic heterocycles. The molecule has 0 aliphatic carbocycles. The Kier molecular flexibility index (Phi) is 8.53. The summed E-state index contributed by atoms with van der Waals surface area (Å²) in [5, 5.41) is 17.1. The van der Waals surface area contributed by atoms with Gasteiger partial charge in [0.2, 0.25) is 5.91 Å². The number of amides is 2. The molecule has 0 spiro atoms. The van der Waals surface area contributed by atoms with Gasteiger partial charge in [0, 0.05) is 72.9 Å². The largest absolute Gasteiger partial charge is 0.496 e. The molecular weight excluding hydrogens is 573 g/mol. The lowest BCUT2D eigenvalue weighted by Crippen LogP contribution is -2.56. The van der Waals surface area contributed by atoms with Gasteiger partial charge in [-0.2, -0.15) is 10.2 Å². The van der Waals surface area contributed by atoms with Crippen molar-refractivity contribution in [1.29, 1.82) is 0 Å². The normalized spacial score (nSPS) is 17.1. The summed E-state index contributed by atoms with van der Waals surface area (Å²) < 4.78 is 22.2. The summed E-state index contributed by atoms with van der Waals surface area (Å²) in [4.78, 5) is 30.9. The summed E-state index contributed by atoms with van der Waals surface area (Å²) in [7, 11) is 3.40. The van der Waals surface area contributed by atoms with Gasteiger partial charge in [-0.1, -0.05) is 12.1 Å². The Morgan fingerprint density at radius 3 is 2.71 bits per heavy atom. The zero-order valence-corrected chi connectivity index (χ0v) is 26.0. The number of benzene rings is 3. The molecule has 6 rings (SSSR count). The Labute approximate surface area is 261 Å². The van der Waals surface area contributed by atoms with E-state index in [2.05, 4.69) is 20.6 Å². The maximum absolute atomic E-state index is 15.0. The number of nitrogens with zero attached hydrogens (tertiary/aromatic N) is 5. The lowest BCUT2D eigenvalue weighted by Gasteiger charge is -2.41. The second kappa shape index (κ2) is 12.7. The van der Waals surface area contributed by atoms with E-state index in [4.69, 9.17) is 4.74 Å². The van der Waals surface area contributed by atoms with Crippen LogP contribution in [0.25, 0.3) is 33.1 Å². The van der Waals surface area contributed by atoms with Crippen molar-refractivity contribution < 1.29 is 18.7 Å². The molecule has 1 aliphatic rings. The van der Waals surface area contributed by atoms with Gasteiger partial charge in [-0.3, -0.25) is 24.3 Å². The summed E-state index contributed by atoms with van der Waals surface area (Å²) in [6.45, 7) is 5.68. The van der Waals surface area contributed by atoms with Crippen LogP contribution in [0.2, 0.25) is 0 Å². The lowest BCUT2D eigenvalue weighted by atomic mass is 9.95. The topological polar surface area (TPSA) is 108 Å². The first-order valence-electron chi connectivity index (χ1n) is 15.4. The highest BCUT2D eigenvalue weighted by atomic mass is 19.1. The quantitative estimate of drug-likeness (QED) is 0.246. The van der Waals surface area contributed by atoms with Crippen LogP contribution in [-0.2, 0) is 18.4 Å². The number of rotatable bonds is 9. The molecule has 2 amide bonds. The molecule has 2 atom stereocenters. The highest BCUT2D eigenvalue weighted by Gasteiger charge is 2.36. The molecule has 5 aromatic rings. The van der Waals surface area contributed by atoms with Crippen molar-refractivity contribution in [2.75, 3.05) is 26.7 Å². The molecule has 11 heteroatoms. The number of hydrogen-bond donors (Lipinski definition) is 2. The second-order valence-electron chi connectivity index (χ2n) is 11.5. The van der Waals surface area contributed by atoms with Gasteiger partial charge in [0.25, 0.3) is 5.91 Å². The second-order valence-corrected chi connectivity index (χ2v) is 11.5. The summed E-state index contributed by atoms with van der Waals surface area (Å²) in [5.74, 6) is -0.153. The van der Waals surface area contributed by atoms with Crippen LogP contribution < -0.4 is 10.1 Å². The predicted octanol–water partition coefficient (Wildman–Crippen LogP) is 4.90. The molecule has 1 saturated heterocycles. The lowest BCUT2D eigenvalue weighted by molar-refractivity contribution is -0.138. The van der Waals surface area contributed by atoms with Crippen LogP contribution in [0.3, 0.4) is 0 Å².